The molecule has 0 saturated carbocycles. The molecule has 0 aliphatic heterocycles. The molecule has 0 aromatic carbocycles. The maximum atomic E-state index is 10.9. The van der Waals surface area contributed by atoms with Crippen molar-refractivity contribution < 1.29 is 19.4 Å². The molecule has 0 radical (unpaired) electrons. The Bertz CT molecular complexity index is 671. The summed E-state index contributed by atoms with van der Waals surface area (Å²) in [5.41, 5.74) is 2.67. The zero-order valence-electron chi connectivity index (χ0n) is 12.1. The fraction of sp³-hybridized carbons (Fsp3) is 0.267. The van der Waals surface area contributed by atoms with Gasteiger partial charge >= 0.3 is 5.97 Å². The van der Waals surface area contributed by atoms with Gasteiger partial charge in [0.15, 0.2) is 0 Å². The first-order valence-corrected chi connectivity index (χ1v) is 6.33. The molecule has 2 rings (SSSR count). The summed E-state index contributed by atoms with van der Waals surface area (Å²) in [6, 6.07) is 1.43. The van der Waals surface area contributed by atoms with Crippen LogP contribution in [0, 0.1) is 13.8 Å². The van der Waals surface area contributed by atoms with E-state index in [9.17, 15) is 4.79 Å². The standard InChI is InChI=1S/C15H16N2O4/c1-9-5-17-13(10(2)14(9)20-3)8-21-12-4-11(15(18)19)6-16-7-12/h4-7H,8H2,1-3H3,(H,18,19). The van der Waals surface area contributed by atoms with Gasteiger partial charge in [-0.3, -0.25) is 9.97 Å². The summed E-state index contributed by atoms with van der Waals surface area (Å²) in [7, 11) is 1.61. The predicted molar refractivity (Wildman–Crippen MR) is 75.8 cm³/mol. The Morgan fingerprint density at radius 1 is 1.29 bits per heavy atom. The largest absolute Gasteiger partial charge is 0.496 e. The Hall–Kier alpha value is -2.63. The molecule has 2 heterocycles. The van der Waals surface area contributed by atoms with Crippen LogP contribution in [0.2, 0.25) is 0 Å². The molecule has 6 nitrogen and oxygen atoms in total. The van der Waals surface area contributed by atoms with Gasteiger partial charge in [0.25, 0.3) is 0 Å². The SMILES string of the molecule is COc1c(C)cnc(COc2cncc(C(=O)O)c2)c1C. The molecule has 0 fully saturated rings. The molecular formula is C15H16N2O4. The number of methoxy groups -OCH3 is 1. The third-order valence-electron chi connectivity index (χ3n) is 3.09. The average Bonchev–Trinajstić information content (AvgIpc) is 2.47. The van der Waals surface area contributed by atoms with Gasteiger partial charge < -0.3 is 14.6 Å². The molecule has 0 amide bonds. The molecule has 6 heteroatoms. The van der Waals surface area contributed by atoms with Gasteiger partial charge in [-0.15, -0.1) is 0 Å². The molecule has 0 aliphatic carbocycles. The van der Waals surface area contributed by atoms with Gasteiger partial charge in [-0.2, -0.15) is 0 Å². The van der Waals surface area contributed by atoms with Crippen molar-refractivity contribution in [3.8, 4) is 11.5 Å². The number of rotatable bonds is 5. The fourth-order valence-corrected chi connectivity index (χ4v) is 1.98. The lowest BCUT2D eigenvalue weighted by Crippen LogP contribution is -2.05. The first-order valence-electron chi connectivity index (χ1n) is 6.33. The number of carboxylic acids is 1. The van der Waals surface area contributed by atoms with E-state index in [0.717, 1.165) is 22.6 Å². The van der Waals surface area contributed by atoms with Crippen LogP contribution in [0.1, 0.15) is 27.2 Å². The quantitative estimate of drug-likeness (QED) is 0.909. The molecule has 2 aromatic rings. The summed E-state index contributed by atoms with van der Waals surface area (Å²) in [6.07, 6.45) is 4.46. The Morgan fingerprint density at radius 2 is 2.05 bits per heavy atom. The second kappa shape index (κ2) is 6.21. The normalized spacial score (nSPS) is 10.2. The summed E-state index contributed by atoms with van der Waals surface area (Å²) in [4.78, 5) is 19.0. The number of hydrogen-bond acceptors (Lipinski definition) is 5. The van der Waals surface area contributed by atoms with Gasteiger partial charge in [-0.05, 0) is 19.9 Å². The summed E-state index contributed by atoms with van der Waals surface area (Å²) in [6.45, 7) is 4.04. The van der Waals surface area contributed by atoms with Crippen LogP contribution in [0.25, 0.3) is 0 Å². The van der Waals surface area contributed by atoms with Crippen molar-refractivity contribution in [1.82, 2.24) is 9.97 Å². The zero-order chi connectivity index (χ0) is 15.4. The maximum absolute atomic E-state index is 10.9. The number of aryl methyl sites for hydroxylation is 1. The molecular weight excluding hydrogens is 272 g/mol. The third kappa shape index (κ3) is 3.28. The van der Waals surface area contributed by atoms with E-state index in [-0.39, 0.29) is 12.2 Å². The average molecular weight is 288 g/mol. The molecule has 2 aromatic heterocycles. The Morgan fingerprint density at radius 3 is 2.71 bits per heavy atom. The number of carbonyl (C=O) groups is 1. The summed E-state index contributed by atoms with van der Waals surface area (Å²) < 4.78 is 10.9. The van der Waals surface area contributed by atoms with Gasteiger partial charge in [0.1, 0.15) is 18.1 Å². The van der Waals surface area contributed by atoms with Gasteiger partial charge in [0, 0.05) is 23.5 Å². The van der Waals surface area contributed by atoms with Gasteiger partial charge in [-0.1, -0.05) is 0 Å². The van der Waals surface area contributed by atoms with Gasteiger partial charge in [-0.25, -0.2) is 4.79 Å². The van der Waals surface area contributed by atoms with E-state index >= 15 is 0 Å². The highest BCUT2D eigenvalue weighted by Gasteiger charge is 2.11. The molecule has 1 N–H and O–H groups in total. The van der Waals surface area contributed by atoms with Crippen LogP contribution in [0.4, 0.5) is 0 Å². The number of pyridine rings is 2. The van der Waals surface area contributed by atoms with Crippen LogP contribution in [0.5, 0.6) is 11.5 Å². The van der Waals surface area contributed by atoms with Crippen molar-refractivity contribution in [3.05, 3.63) is 47.0 Å². The number of aromatic carboxylic acids is 1. The van der Waals surface area contributed by atoms with Gasteiger partial charge in [0.2, 0.25) is 0 Å². The highest BCUT2D eigenvalue weighted by Crippen LogP contribution is 2.24. The predicted octanol–water partition coefficient (Wildman–Crippen LogP) is 2.38. The minimum Gasteiger partial charge on any atom is -0.496 e. The Balaban J connectivity index is 2.17. The van der Waals surface area contributed by atoms with E-state index < -0.39 is 5.97 Å². The summed E-state index contributed by atoms with van der Waals surface area (Å²) >= 11 is 0. The molecule has 0 bridgehead atoms. The first kappa shape index (κ1) is 14.8. The third-order valence-corrected chi connectivity index (χ3v) is 3.09. The monoisotopic (exact) mass is 288 g/mol. The van der Waals surface area contributed by atoms with Crippen LogP contribution >= 0.6 is 0 Å². The zero-order valence-corrected chi connectivity index (χ0v) is 12.1. The lowest BCUT2D eigenvalue weighted by atomic mass is 10.1. The van der Waals surface area contributed by atoms with Crippen molar-refractivity contribution >= 4 is 5.97 Å². The van der Waals surface area contributed by atoms with E-state index in [4.69, 9.17) is 14.6 Å². The highest BCUT2D eigenvalue weighted by molar-refractivity contribution is 5.87. The van der Waals surface area contributed by atoms with E-state index in [1.807, 2.05) is 13.8 Å². The lowest BCUT2D eigenvalue weighted by molar-refractivity contribution is 0.0696. The second-order valence-electron chi connectivity index (χ2n) is 4.55. The van der Waals surface area contributed by atoms with E-state index in [1.165, 1.54) is 18.5 Å². The number of hydrogen-bond donors (Lipinski definition) is 1. The van der Waals surface area contributed by atoms with Crippen molar-refractivity contribution in [2.75, 3.05) is 7.11 Å². The van der Waals surface area contributed by atoms with Crippen LogP contribution in [0.3, 0.4) is 0 Å². The Kier molecular flexibility index (Phi) is 4.37. The van der Waals surface area contributed by atoms with E-state index in [2.05, 4.69) is 9.97 Å². The van der Waals surface area contributed by atoms with Crippen LogP contribution in [-0.2, 0) is 6.61 Å². The van der Waals surface area contributed by atoms with Crippen molar-refractivity contribution in [1.29, 1.82) is 0 Å². The van der Waals surface area contributed by atoms with Crippen LogP contribution in [0.15, 0.2) is 24.7 Å². The molecule has 0 unspecified atom stereocenters. The maximum Gasteiger partial charge on any atom is 0.337 e. The van der Waals surface area contributed by atoms with Crippen LogP contribution < -0.4 is 9.47 Å². The first-order chi connectivity index (χ1) is 10.0. The highest BCUT2D eigenvalue weighted by atomic mass is 16.5. The molecule has 0 spiro atoms. The summed E-state index contributed by atoms with van der Waals surface area (Å²) in [5.74, 6) is 0.121. The second-order valence-corrected chi connectivity index (χ2v) is 4.55. The minimum absolute atomic E-state index is 0.0821. The smallest absolute Gasteiger partial charge is 0.337 e. The number of ether oxygens (including phenoxy) is 2. The number of carboxylic acid groups (broad SMARTS) is 1. The number of aromatic nitrogens is 2. The lowest BCUT2D eigenvalue weighted by Gasteiger charge is -2.13. The van der Waals surface area contributed by atoms with E-state index in [1.54, 1.807) is 13.3 Å². The Labute approximate surface area is 122 Å². The molecule has 21 heavy (non-hydrogen) atoms. The number of nitrogens with zero attached hydrogens (tertiary/aromatic N) is 2. The minimum atomic E-state index is -1.04. The van der Waals surface area contributed by atoms with E-state index in [0.29, 0.717) is 5.75 Å². The van der Waals surface area contributed by atoms with Gasteiger partial charge in [0.05, 0.1) is 24.6 Å². The molecule has 0 atom stereocenters. The van der Waals surface area contributed by atoms with Crippen LogP contribution in [-0.4, -0.2) is 28.2 Å². The molecule has 0 aliphatic rings. The van der Waals surface area contributed by atoms with Crippen molar-refractivity contribution in [2.24, 2.45) is 0 Å². The summed E-state index contributed by atoms with van der Waals surface area (Å²) in [5, 5.41) is 8.91. The topological polar surface area (TPSA) is 81.5 Å². The van der Waals surface area contributed by atoms with Crippen molar-refractivity contribution in [2.45, 2.75) is 20.5 Å². The molecule has 110 valence electrons. The molecule has 0 saturated heterocycles. The van der Waals surface area contributed by atoms with Crippen molar-refractivity contribution in [3.63, 3.8) is 0 Å². The fourth-order valence-electron chi connectivity index (χ4n) is 1.98.